The third kappa shape index (κ3) is 5.32. The predicted octanol–water partition coefficient (Wildman–Crippen LogP) is 6.09. The summed E-state index contributed by atoms with van der Waals surface area (Å²) in [5.41, 5.74) is 0.952. The van der Waals surface area contributed by atoms with Crippen LogP contribution in [0.3, 0.4) is 0 Å². The number of para-hydroxylation sites is 1. The van der Waals surface area contributed by atoms with Gasteiger partial charge in [0.1, 0.15) is 5.75 Å². The first-order valence-corrected chi connectivity index (χ1v) is 12.6. The highest BCUT2D eigenvalue weighted by Crippen LogP contribution is 2.27. The number of amides is 1. The Hall–Kier alpha value is -3.55. The Morgan fingerprint density at radius 1 is 0.912 bits per heavy atom. The van der Waals surface area contributed by atoms with E-state index in [0.29, 0.717) is 28.6 Å². The third-order valence-electron chi connectivity index (χ3n) is 5.24. The summed E-state index contributed by atoms with van der Waals surface area (Å²) in [6.07, 6.45) is -0.324. The molecule has 1 atom stereocenters. The number of nitrogens with one attached hydrogen (secondary N) is 2. The van der Waals surface area contributed by atoms with Crippen molar-refractivity contribution in [2.75, 3.05) is 10.0 Å². The maximum Gasteiger partial charge on any atom is 0.265 e. The van der Waals surface area contributed by atoms with Crippen LogP contribution >= 0.6 is 11.6 Å². The second-order valence-electron chi connectivity index (χ2n) is 7.59. The Balaban J connectivity index is 1.46. The summed E-state index contributed by atoms with van der Waals surface area (Å²) in [5, 5.41) is 4.92. The van der Waals surface area contributed by atoms with Gasteiger partial charge in [-0.25, -0.2) is 8.42 Å². The highest BCUT2D eigenvalue weighted by molar-refractivity contribution is 7.92. The first kappa shape index (κ1) is 23.6. The number of carbonyl (C=O) groups excluding carboxylic acids is 1. The smallest absolute Gasteiger partial charge is 0.265 e. The molecule has 6 nitrogen and oxygen atoms in total. The van der Waals surface area contributed by atoms with Crippen LogP contribution in [0.4, 0.5) is 11.4 Å². The molecule has 4 rings (SSSR count). The van der Waals surface area contributed by atoms with E-state index in [4.69, 9.17) is 16.3 Å². The molecule has 0 aliphatic rings. The summed E-state index contributed by atoms with van der Waals surface area (Å²) in [6, 6.07) is 25.9. The van der Waals surface area contributed by atoms with Gasteiger partial charge in [0.05, 0.1) is 15.6 Å². The molecule has 0 bridgehead atoms. The summed E-state index contributed by atoms with van der Waals surface area (Å²) in [6.45, 7) is 1.83. The van der Waals surface area contributed by atoms with E-state index in [2.05, 4.69) is 10.0 Å². The molecule has 2 N–H and O–H groups in total. The molecular weight excluding hydrogens is 472 g/mol. The predicted molar refractivity (Wildman–Crippen MR) is 136 cm³/mol. The van der Waals surface area contributed by atoms with E-state index in [1.54, 1.807) is 36.4 Å². The van der Waals surface area contributed by atoms with E-state index in [0.717, 1.165) is 10.8 Å². The Morgan fingerprint density at radius 2 is 1.59 bits per heavy atom. The second kappa shape index (κ2) is 10.2. The van der Waals surface area contributed by atoms with Crippen molar-refractivity contribution in [1.82, 2.24) is 0 Å². The van der Waals surface area contributed by atoms with Crippen molar-refractivity contribution in [2.24, 2.45) is 0 Å². The molecule has 8 heteroatoms. The van der Waals surface area contributed by atoms with Gasteiger partial charge in [0.25, 0.3) is 15.9 Å². The first-order valence-electron chi connectivity index (χ1n) is 10.7. The maximum atomic E-state index is 12.9. The van der Waals surface area contributed by atoms with Gasteiger partial charge in [0.2, 0.25) is 0 Å². The molecule has 0 aromatic heterocycles. The van der Waals surface area contributed by atoms with Gasteiger partial charge in [-0.1, -0.05) is 67.1 Å². The zero-order chi connectivity index (χ0) is 24.1. The normalized spacial score (nSPS) is 12.2. The van der Waals surface area contributed by atoms with E-state index >= 15 is 0 Å². The van der Waals surface area contributed by atoms with Crippen LogP contribution in [0.2, 0.25) is 5.02 Å². The molecule has 1 amide bonds. The number of carbonyl (C=O) groups is 1. The molecule has 0 aliphatic heterocycles. The van der Waals surface area contributed by atoms with Crippen molar-refractivity contribution < 1.29 is 17.9 Å². The van der Waals surface area contributed by atoms with Crippen molar-refractivity contribution >= 4 is 49.7 Å². The Labute approximate surface area is 203 Å². The van der Waals surface area contributed by atoms with Gasteiger partial charge in [-0.05, 0) is 54.3 Å². The van der Waals surface area contributed by atoms with Crippen molar-refractivity contribution in [2.45, 2.75) is 24.3 Å². The molecule has 0 spiro atoms. The van der Waals surface area contributed by atoms with E-state index < -0.39 is 16.1 Å². The number of benzene rings is 4. The largest absolute Gasteiger partial charge is 0.479 e. The van der Waals surface area contributed by atoms with Gasteiger partial charge >= 0.3 is 0 Å². The summed E-state index contributed by atoms with van der Waals surface area (Å²) in [5.74, 6) is 0.0685. The highest BCUT2D eigenvalue weighted by atomic mass is 35.5. The zero-order valence-corrected chi connectivity index (χ0v) is 19.9. The SMILES string of the molecule is CC[C@@H](Oc1ccccc1Cl)C(=O)Nc1ccc(S(=O)(=O)Nc2cccc3ccccc23)cc1. The summed E-state index contributed by atoms with van der Waals surface area (Å²) < 4.78 is 34.3. The van der Waals surface area contributed by atoms with E-state index in [9.17, 15) is 13.2 Å². The lowest BCUT2D eigenvalue weighted by molar-refractivity contribution is -0.122. The van der Waals surface area contributed by atoms with Gasteiger partial charge in [0, 0.05) is 11.1 Å². The Morgan fingerprint density at radius 3 is 2.32 bits per heavy atom. The first-order chi connectivity index (χ1) is 16.4. The number of rotatable bonds is 8. The van der Waals surface area contributed by atoms with Gasteiger partial charge in [-0.15, -0.1) is 0 Å². The number of halogens is 1. The molecule has 0 saturated heterocycles. The summed E-state index contributed by atoms with van der Waals surface area (Å²) >= 11 is 6.12. The summed E-state index contributed by atoms with van der Waals surface area (Å²) in [7, 11) is -3.82. The minimum atomic E-state index is -3.82. The van der Waals surface area contributed by atoms with Crippen LogP contribution in [0.15, 0.2) is 95.9 Å². The summed E-state index contributed by atoms with van der Waals surface area (Å²) in [4.78, 5) is 12.8. The standard InChI is InChI=1S/C26H23ClN2O4S/c1-2-24(33-25-13-6-5-11-22(25)27)26(30)28-19-14-16-20(17-15-19)34(31,32)29-23-12-7-9-18-8-3-4-10-21(18)23/h3-17,24,29H,2H2,1H3,(H,28,30)/t24-/m1/s1. The zero-order valence-electron chi connectivity index (χ0n) is 18.4. The number of hydrogen-bond donors (Lipinski definition) is 2. The van der Waals surface area contributed by atoms with Gasteiger partial charge < -0.3 is 10.1 Å². The lowest BCUT2D eigenvalue weighted by atomic mass is 10.1. The van der Waals surface area contributed by atoms with E-state index in [-0.39, 0.29) is 10.8 Å². The average Bonchev–Trinajstić information content (AvgIpc) is 2.84. The van der Waals surface area contributed by atoms with E-state index in [1.165, 1.54) is 24.3 Å². The molecule has 34 heavy (non-hydrogen) atoms. The lowest BCUT2D eigenvalue weighted by Crippen LogP contribution is -2.32. The lowest BCUT2D eigenvalue weighted by Gasteiger charge is -2.18. The van der Waals surface area contributed by atoms with Crippen LogP contribution in [-0.2, 0) is 14.8 Å². The van der Waals surface area contributed by atoms with Crippen molar-refractivity contribution in [3.63, 3.8) is 0 Å². The fourth-order valence-corrected chi connectivity index (χ4v) is 4.73. The minimum absolute atomic E-state index is 0.0813. The fourth-order valence-electron chi connectivity index (χ4n) is 3.47. The monoisotopic (exact) mass is 494 g/mol. The van der Waals surface area contributed by atoms with Crippen LogP contribution < -0.4 is 14.8 Å². The van der Waals surface area contributed by atoms with Crippen LogP contribution in [-0.4, -0.2) is 20.4 Å². The molecule has 4 aromatic carbocycles. The molecule has 0 fully saturated rings. The molecule has 0 aliphatic carbocycles. The topological polar surface area (TPSA) is 84.5 Å². The Bertz CT molecular complexity index is 1420. The second-order valence-corrected chi connectivity index (χ2v) is 9.68. The maximum absolute atomic E-state index is 12.9. The quantitative estimate of drug-likeness (QED) is 0.310. The number of sulfonamides is 1. The van der Waals surface area contributed by atoms with Crippen molar-refractivity contribution in [3.8, 4) is 5.75 Å². The van der Waals surface area contributed by atoms with Gasteiger partial charge in [0.15, 0.2) is 6.10 Å². The van der Waals surface area contributed by atoms with Gasteiger partial charge in [-0.2, -0.15) is 0 Å². The fraction of sp³-hybridized carbons (Fsp3) is 0.115. The molecule has 4 aromatic rings. The number of ether oxygens (including phenoxy) is 1. The van der Waals surface area contributed by atoms with Crippen LogP contribution in [0.25, 0.3) is 10.8 Å². The number of fused-ring (bicyclic) bond motifs is 1. The van der Waals surface area contributed by atoms with Crippen molar-refractivity contribution in [1.29, 1.82) is 0 Å². The number of anilines is 2. The van der Waals surface area contributed by atoms with Crippen molar-refractivity contribution in [3.05, 3.63) is 96.0 Å². The van der Waals surface area contributed by atoms with Crippen LogP contribution in [0.1, 0.15) is 13.3 Å². The molecule has 174 valence electrons. The van der Waals surface area contributed by atoms with E-state index in [1.807, 2.05) is 37.3 Å². The third-order valence-corrected chi connectivity index (χ3v) is 6.93. The molecule has 0 radical (unpaired) electrons. The Kier molecular flexibility index (Phi) is 7.05. The minimum Gasteiger partial charge on any atom is -0.479 e. The number of hydrogen-bond acceptors (Lipinski definition) is 4. The van der Waals surface area contributed by atoms with Crippen LogP contribution in [0, 0.1) is 0 Å². The molecule has 0 saturated carbocycles. The molecular formula is C26H23ClN2O4S. The average molecular weight is 495 g/mol. The molecule has 0 unspecified atom stereocenters. The highest BCUT2D eigenvalue weighted by Gasteiger charge is 2.20. The molecule has 0 heterocycles. The van der Waals surface area contributed by atoms with Crippen LogP contribution in [0.5, 0.6) is 5.75 Å². The van der Waals surface area contributed by atoms with Gasteiger partial charge in [-0.3, -0.25) is 9.52 Å².